The molecule has 126 valence electrons. The molecule has 0 amide bonds. The fourth-order valence-corrected chi connectivity index (χ4v) is 2.24. The van der Waals surface area contributed by atoms with Crippen molar-refractivity contribution in [2.45, 2.75) is 32.3 Å². The third kappa shape index (κ3) is 11.7. The topological polar surface area (TPSA) is 61.8 Å². The van der Waals surface area contributed by atoms with Gasteiger partial charge in [-0.15, -0.1) is 0 Å². The van der Waals surface area contributed by atoms with Gasteiger partial charge < -0.3 is 9.47 Å². The smallest absolute Gasteiger partial charge is 0.264 e. The summed E-state index contributed by atoms with van der Waals surface area (Å²) in [5.41, 5.74) is 1.20. The number of hydrogen-bond donors (Lipinski definition) is 0. The maximum absolute atomic E-state index is 10.7. The lowest BCUT2D eigenvalue weighted by Gasteiger charge is -2.05. The van der Waals surface area contributed by atoms with Crippen molar-refractivity contribution in [1.29, 1.82) is 0 Å². The van der Waals surface area contributed by atoms with Crippen molar-refractivity contribution in [3.63, 3.8) is 0 Å². The van der Waals surface area contributed by atoms with Crippen molar-refractivity contribution in [2.24, 2.45) is 0 Å². The van der Waals surface area contributed by atoms with Crippen molar-refractivity contribution < 1.29 is 22.1 Å². The Morgan fingerprint density at radius 3 is 2.09 bits per heavy atom. The van der Waals surface area contributed by atoms with Crippen molar-refractivity contribution in [3.05, 3.63) is 35.9 Å². The van der Waals surface area contributed by atoms with E-state index in [4.69, 9.17) is 9.47 Å². The molecule has 0 aliphatic heterocycles. The van der Waals surface area contributed by atoms with Crippen LogP contribution in [0.25, 0.3) is 0 Å². The third-order valence-corrected chi connectivity index (χ3v) is 3.56. The Morgan fingerprint density at radius 1 is 0.818 bits per heavy atom. The molecule has 5 nitrogen and oxygen atoms in total. The summed E-state index contributed by atoms with van der Waals surface area (Å²) in [4.78, 5) is 0. The summed E-state index contributed by atoms with van der Waals surface area (Å²) in [6.45, 7) is 2.49. The van der Waals surface area contributed by atoms with Crippen molar-refractivity contribution in [1.82, 2.24) is 0 Å². The predicted molar refractivity (Wildman–Crippen MR) is 86.2 cm³/mol. The van der Waals surface area contributed by atoms with Crippen LogP contribution in [-0.2, 0) is 30.4 Å². The van der Waals surface area contributed by atoms with E-state index >= 15 is 0 Å². The molecular weight excluding hydrogens is 304 g/mol. The molecule has 0 aliphatic rings. The van der Waals surface area contributed by atoms with Crippen LogP contribution in [0, 0.1) is 0 Å². The van der Waals surface area contributed by atoms with Gasteiger partial charge in [-0.25, -0.2) is 0 Å². The van der Waals surface area contributed by atoms with Gasteiger partial charge in [0.2, 0.25) is 0 Å². The van der Waals surface area contributed by atoms with Crippen LogP contribution in [0.2, 0.25) is 0 Å². The second-order valence-electron chi connectivity index (χ2n) is 5.09. The molecule has 0 bridgehead atoms. The number of ether oxygens (including phenoxy) is 2. The zero-order chi connectivity index (χ0) is 16.1. The standard InChI is InChI=1S/C16H26O5S/c1-22(17,18)21-14-13-19-11-7-2-3-8-12-20-15-16-9-5-4-6-10-16/h4-6,9-10H,2-3,7-8,11-15H2,1H3. The van der Waals surface area contributed by atoms with Gasteiger partial charge in [0.1, 0.15) is 0 Å². The number of rotatable bonds is 13. The second-order valence-corrected chi connectivity index (χ2v) is 6.73. The molecule has 0 heterocycles. The average molecular weight is 330 g/mol. The molecule has 0 atom stereocenters. The maximum Gasteiger partial charge on any atom is 0.264 e. The largest absolute Gasteiger partial charge is 0.379 e. The first-order valence-corrected chi connectivity index (χ1v) is 9.43. The van der Waals surface area contributed by atoms with Gasteiger partial charge in [-0.2, -0.15) is 8.42 Å². The predicted octanol–water partition coefficient (Wildman–Crippen LogP) is 2.76. The van der Waals surface area contributed by atoms with E-state index in [2.05, 4.69) is 16.3 Å². The normalized spacial score (nSPS) is 11.7. The van der Waals surface area contributed by atoms with E-state index in [1.807, 2.05) is 18.2 Å². The van der Waals surface area contributed by atoms with E-state index in [1.165, 1.54) is 5.56 Å². The summed E-state index contributed by atoms with van der Waals surface area (Å²) >= 11 is 0. The van der Waals surface area contributed by atoms with Gasteiger partial charge in [0, 0.05) is 13.2 Å². The first-order chi connectivity index (χ1) is 10.6. The van der Waals surface area contributed by atoms with E-state index in [-0.39, 0.29) is 6.61 Å². The molecule has 1 aromatic carbocycles. The quantitative estimate of drug-likeness (QED) is 0.411. The Hall–Kier alpha value is -0.950. The molecule has 22 heavy (non-hydrogen) atoms. The van der Waals surface area contributed by atoms with Crippen LogP contribution < -0.4 is 0 Å². The van der Waals surface area contributed by atoms with Gasteiger partial charge in [-0.3, -0.25) is 4.18 Å². The highest BCUT2D eigenvalue weighted by atomic mass is 32.2. The minimum atomic E-state index is -3.35. The number of benzene rings is 1. The number of unbranched alkanes of at least 4 members (excludes halogenated alkanes) is 3. The molecule has 6 heteroatoms. The Kier molecular flexibility index (Phi) is 10.1. The summed E-state index contributed by atoms with van der Waals surface area (Å²) in [5, 5.41) is 0. The van der Waals surface area contributed by atoms with Gasteiger partial charge in [-0.1, -0.05) is 43.2 Å². The minimum Gasteiger partial charge on any atom is -0.379 e. The fourth-order valence-electron chi connectivity index (χ4n) is 1.87. The first kappa shape index (κ1) is 19.1. The lowest BCUT2D eigenvalue weighted by molar-refractivity contribution is 0.0967. The highest BCUT2D eigenvalue weighted by Crippen LogP contribution is 2.04. The molecule has 0 unspecified atom stereocenters. The molecule has 0 spiro atoms. The van der Waals surface area contributed by atoms with Gasteiger partial charge in [0.15, 0.2) is 0 Å². The summed E-state index contributed by atoms with van der Waals surface area (Å²) in [5.74, 6) is 0. The Morgan fingerprint density at radius 2 is 1.45 bits per heavy atom. The van der Waals surface area contributed by atoms with Crippen LogP contribution in [0.4, 0.5) is 0 Å². The Bertz CT molecular complexity index is 473. The summed E-state index contributed by atoms with van der Waals surface area (Å²) in [6.07, 6.45) is 5.24. The van der Waals surface area contributed by atoms with E-state index < -0.39 is 10.1 Å². The molecule has 1 rings (SSSR count). The molecule has 1 aromatic rings. The SMILES string of the molecule is CS(=O)(=O)OCCOCCCCCCOCc1ccccc1. The van der Waals surface area contributed by atoms with E-state index in [1.54, 1.807) is 0 Å². The van der Waals surface area contributed by atoms with Gasteiger partial charge >= 0.3 is 0 Å². The van der Waals surface area contributed by atoms with Gasteiger partial charge in [0.25, 0.3) is 10.1 Å². The van der Waals surface area contributed by atoms with Crippen molar-refractivity contribution in [3.8, 4) is 0 Å². The molecule has 0 saturated heterocycles. The second kappa shape index (κ2) is 11.6. The van der Waals surface area contributed by atoms with E-state index in [0.29, 0.717) is 19.8 Å². The van der Waals surface area contributed by atoms with Gasteiger partial charge in [0.05, 0.1) is 26.1 Å². The summed E-state index contributed by atoms with van der Waals surface area (Å²) in [7, 11) is -3.35. The van der Waals surface area contributed by atoms with E-state index in [0.717, 1.165) is 38.5 Å². The minimum absolute atomic E-state index is 0.0894. The third-order valence-electron chi connectivity index (χ3n) is 2.96. The van der Waals surface area contributed by atoms with Crippen LogP contribution >= 0.6 is 0 Å². The molecule has 0 fully saturated rings. The fraction of sp³-hybridized carbons (Fsp3) is 0.625. The molecule has 0 saturated carbocycles. The highest BCUT2D eigenvalue weighted by molar-refractivity contribution is 7.85. The molecule has 0 radical (unpaired) electrons. The highest BCUT2D eigenvalue weighted by Gasteiger charge is 2.00. The average Bonchev–Trinajstić information content (AvgIpc) is 2.48. The molecule has 0 aromatic heterocycles. The first-order valence-electron chi connectivity index (χ1n) is 7.62. The van der Waals surface area contributed by atoms with Crippen LogP contribution in [0.15, 0.2) is 30.3 Å². The lowest BCUT2D eigenvalue weighted by Crippen LogP contribution is -2.10. The Labute approximate surface area is 133 Å². The molecule has 0 aliphatic carbocycles. The monoisotopic (exact) mass is 330 g/mol. The van der Waals surface area contributed by atoms with Crippen LogP contribution in [-0.4, -0.2) is 41.1 Å². The van der Waals surface area contributed by atoms with Crippen LogP contribution in [0.5, 0.6) is 0 Å². The van der Waals surface area contributed by atoms with Crippen LogP contribution in [0.1, 0.15) is 31.2 Å². The van der Waals surface area contributed by atoms with Gasteiger partial charge in [-0.05, 0) is 18.4 Å². The lowest BCUT2D eigenvalue weighted by atomic mass is 10.2. The Balaban J connectivity index is 1.80. The molecule has 0 N–H and O–H groups in total. The molecular formula is C16H26O5S. The van der Waals surface area contributed by atoms with Crippen molar-refractivity contribution in [2.75, 3.05) is 32.7 Å². The maximum atomic E-state index is 10.7. The van der Waals surface area contributed by atoms with Crippen LogP contribution in [0.3, 0.4) is 0 Å². The summed E-state index contributed by atoms with van der Waals surface area (Å²) < 4.78 is 36.9. The zero-order valence-electron chi connectivity index (χ0n) is 13.2. The zero-order valence-corrected chi connectivity index (χ0v) is 14.0. The van der Waals surface area contributed by atoms with Crippen molar-refractivity contribution >= 4 is 10.1 Å². The van der Waals surface area contributed by atoms with E-state index in [9.17, 15) is 8.42 Å². The summed E-state index contributed by atoms with van der Waals surface area (Å²) in [6, 6.07) is 10.1. The number of hydrogen-bond acceptors (Lipinski definition) is 5.